The molecule has 5 rings (SSSR count). The highest BCUT2D eigenvalue weighted by Gasteiger charge is 2.71. The Hall–Kier alpha value is -0.650. The fourth-order valence-electron chi connectivity index (χ4n) is 6.80. The molecule has 4 aliphatic carbocycles. The predicted octanol–water partition coefficient (Wildman–Crippen LogP) is 3.06. The molecule has 1 N–H and O–H groups in total. The summed E-state index contributed by atoms with van der Waals surface area (Å²) in [6, 6.07) is 0. The molecular weight excluding hydrogens is 344 g/mol. The molecule has 4 saturated carbocycles. The second-order valence-electron chi connectivity index (χ2n) is 10.4. The minimum Gasteiger partial charge on any atom is -0.831 e. The van der Waals surface area contributed by atoms with Crippen molar-refractivity contribution < 1.29 is 24.5 Å². The number of carboxylic acid groups (broad SMARTS) is 1. The number of hydrogen-bond acceptors (Lipinski definition) is 4. The van der Waals surface area contributed by atoms with Gasteiger partial charge in [-0.2, -0.15) is 0 Å². The van der Waals surface area contributed by atoms with Gasteiger partial charge in [0, 0.05) is 0 Å². The van der Waals surface area contributed by atoms with Crippen molar-refractivity contribution in [2.45, 2.75) is 78.1 Å². The summed E-state index contributed by atoms with van der Waals surface area (Å²) in [5.74, 6) is 1.52. The average Bonchev–Trinajstić information content (AvgIpc) is 2.74. The van der Waals surface area contributed by atoms with Gasteiger partial charge >= 0.3 is 5.97 Å². The highest BCUT2D eigenvalue weighted by molar-refractivity contribution is 5.79. The number of carboxylic acids is 1. The molecule has 0 amide bonds. The highest BCUT2D eigenvalue weighted by Crippen LogP contribution is 2.73. The molecule has 5 nitrogen and oxygen atoms in total. The Balaban J connectivity index is 1.33. The lowest BCUT2D eigenvalue weighted by molar-refractivity contribution is -0.513. The van der Waals surface area contributed by atoms with Gasteiger partial charge in [0.05, 0.1) is 24.7 Å². The summed E-state index contributed by atoms with van der Waals surface area (Å²) >= 11 is 0. The maximum atomic E-state index is 12.9. The van der Waals surface area contributed by atoms with Gasteiger partial charge in [-0.05, 0) is 86.7 Å². The van der Waals surface area contributed by atoms with Crippen LogP contribution in [0.1, 0.15) is 65.7 Å². The number of carbonyl (C=O) groups is 1. The van der Waals surface area contributed by atoms with E-state index in [-0.39, 0.29) is 11.3 Å². The van der Waals surface area contributed by atoms with Crippen LogP contribution >= 0.6 is 0 Å². The first-order valence-corrected chi connectivity index (χ1v) is 10.9. The molecule has 1 aliphatic heterocycles. The molecule has 5 aliphatic rings. The maximum Gasteiger partial charge on any atom is 0.309 e. The minimum absolute atomic E-state index is 0.0226. The van der Waals surface area contributed by atoms with Crippen molar-refractivity contribution in [2.24, 2.45) is 40.4 Å². The highest BCUT2D eigenvalue weighted by atomic mass is 16.6. The Morgan fingerprint density at radius 2 is 1.89 bits per heavy atom. The lowest BCUT2D eigenvalue weighted by Gasteiger charge is -2.68. The molecule has 2 bridgehead atoms. The molecule has 1 saturated heterocycles. The van der Waals surface area contributed by atoms with Gasteiger partial charge in [0.15, 0.2) is 0 Å². The van der Waals surface area contributed by atoms with Gasteiger partial charge in [-0.15, -0.1) is 0 Å². The number of rotatable bonds is 6. The monoisotopic (exact) mass is 379 g/mol. The summed E-state index contributed by atoms with van der Waals surface area (Å²) in [7, 11) is 0. The number of aliphatic carboxylic acids is 1. The Bertz CT molecular complexity index is 555. The van der Waals surface area contributed by atoms with E-state index in [9.17, 15) is 15.0 Å². The van der Waals surface area contributed by atoms with Gasteiger partial charge in [0.1, 0.15) is 0 Å². The summed E-state index contributed by atoms with van der Waals surface area (Å²) < 4.78 is 11.9. The molecule has 0 aromatic rings. The van der Waals surface area contributed by atoms with Crippen molar-refractivity contribution in [3.63, 3.8) is 0 Å². The van der Waals surface area contributed by atoms with E-state index >= 15 is 0 Å². The van der Waals surface area contributed by atoms with Crippen LogP contribution in [-0.2, 0) is 14.3 Å². The molecule has 0 radical (unpaired) electrons. The van der Waals surface area contributed by atoms with E-state index in [1.54, 1.807) is 0 Å². The second-order valence-corrected chi connectivity index (χ2v) is 10.4. The molecule has 0 spiro atoms. The van der Waals surface area contributed by atoms with Crippen molar-refractivity contribution in [2.75, 3.05) is 13.2 Å². The SMILES string of the molecule is CC1CC[C@@H]2C(CO1)[C@H]([C@@H](C)[C@H]([O-])OCC13CC(C(=O)O)(C1)C3)CC[C@H]2C. The molecule has 27 heavy (non-hydrogen) atoms. The molecule has 5 fully saturated rings. The standard InChI is InChI=1S/C22H35O5/c1-13-4-6-17(18-8-26-14(2)5-7-16(13)18)15(3)19(23)27-12-21-9-22(10-21,11-21)20(24)25/h13-19H,4-12H2,1-3H3,(H,24,25)/q-1/t13-,14?,15-,16+,17+,18?,19-,21?,22?/m1/s1. The number of ether oxygens (including phenoxy) is 2. The molecule has 7 atom stereocenters. The summed E-state index contributed by atoms with van der Waals surface area (Å²) in [6.07, 6.45) is 6.00. The van der Waals surface area contributed by atoms with E-state index < -0.39 is 17.7 Å². The van der Waals surface area contributed by atoms with E-state index in [1.165, 1.54) is 12.8 Å². The smallest absolute Gasteiger partial charge is 0.309 e. The van der Waals surface area contributed by atoms with Crippen molar-refractivity contribution in [1.29, 1.82) is 0 Å². The lowest BCUT2D eigenvalue weighted by Crippen LogP contribution is -2.67. The minimum atomic E-state index is -1.01. The Labute approximate surface area is 162 Å². The van der Waals surface area contributed by atoms with Crippen LogP contribution in [0.3, 0.4) is 0 Å². The second kappa shape index (κ2) is 7.00. The van der Waals surface area contributed by atoms with Crippen LogP contribution in [0.2, 0.25) is 0 Å². The zero-order valence-corrected chi connectivity index (χ0v) is 17.0. The first kappa shape index (κ1) is 19.7. The zero-order valence-electron chi connectivity index (χ0n) is 17.0. The first-order chi connectivity index (χ1) is 12.8. The zero-order chi connectivity index (χ0) is 19.4. The number of fused-ring (bicyclic) bond motifs is 1. The van der Waals surface area contributed by atoms with E-state index in [0.29, 0.717) is 55.6 Å². The van der Waals surface area contributed by atoms with Crippen molar-refractivity contribution in [3.05, 3.63) is 0 Å². The molecule has 2 unspecified atom stereocenters. The number of hydrogen-bond donors (Lipinski definition) is 1. The Kier molecular flexibility index (Phi) is 5.09. The van der Waals surface area contributed by atoms with Gasteiger partial charge < -0.3 is 19.7 Å². The van der Waals surface area contributed by atoms with Gasteiger partial charge in [0.2, 0.25) is 0 Å². The van der Waals surface area contributed by atoms with Crippen LogP contribution in [0.5, 0.6) is 0 Å². The fraction of sp³-hybridized carbons (Fsp3) is 0.955. The van der Waals surface area contributed by atoms with Crippen molar-refractivity contribution >= 4 is 5.97 Å². The molecule has 0 aromatic carbocycles. The third kappa shape index (κ3) is 3.34. The summed E-state index contributed by atoms with van der Waals surface area (Å²) in [5.41, 5.74) is -0.514. The third-order valence-corrected chi connectivity index (χ3v) is 8.52. The Morgan fingerprint density at radius 1 is 1.19 bits per heavy atom. The Morgan fingerprint density at radius 3 is 2.56 bits per heavy atom. The van der Waals surface area contributed by atoms with E-state index in [1.807, 2.05) is 0 Å². The molecule has 0 aromatic heterocycles. The van der Waals surface area contributed by atoms with E-state index in [4.69, 9.17) is 9.47 Å². The molecule has 5 heteroatoms. The van der Waals surface area contributed by atoms with Crippen LogP contribution in [0.4, 0.5) is 0 Å². The topological polar surface area (TPSA) is 78.8 Å². The van der Waals surface area contributed by atoms with Crippen molar-refractivity contribution in [1.82, 2.24) is 0 Å². The van der Waals surface area contributed by atoms with E-state index in [2.05, 4.69) is 20.8 Å². The fourth-order valence-corrected chi connectivity index (χ4v) is 6.80. The average molecular weight is 380 g/mol. The van der Waals surface area contributed by atoms with Crippen LogP contribution in [0.15, 0.2) is 0 Å². The van der Waals surface area contributed by atoms with Gasteiger partial charge in [-0.1, -0.05) is 20.3 Å². The van der Waals surface area contributed by atoms with Crippen LogP contribution < -0.4 is 5.11 Å². The molecular formula is C22H35O5-. The normalized spacial score (nSPS) is 48.4. The quantitative estimate of drug-likeness (QED) is 0.718. The van der Waals surface area contributed by atoms with Gasteiger partial charge in [0.25, 0.3) is 0 Å². The van der Waals surface area contributed by atoms with Gasteiger partial charge in [-0.25, -0.2) is 0 Å². The predicted molar refractivity (Wildman–Crippen MR) is 98.8 cm³/mol. The van der Waals surface area contributed by atoms with Crippen LogP contribution in [-0.4, -0.2) is 36.7 Å². The summed E-state index contributed by atoms with van der Waals surface area (Å²) in [5, 5.41) is 22.1. The summed E-state index contributed by atoms with van der Waals surface area (Å²) in [6.45, 7) is 7.80. The van der Waals surface area contributed by atoms with E-state index in [0.717, 1.165) is 19.4 Å². The third-order valence-electron chi connectivity index (χ3n) is 8.52. The largest absolute Gasteiger partial charge is 0.831 e. The van der Waals surface area contributed by atoms with Crippen LogP contribution in [0, 0.1) is 40.4 Å². The summed E-state index contributed by atoms with van der Waals surface area (Å²) in [4.78, 5) is 11.2. The van der Waals surface area contributed by atoms with Crippen LogP contribution in [0.25, 0.3) is 0 Å². The molecule has 154 valence electrons. The maximum absolute atomic E-state index is 12.9. The van der Waals surface area contributed by atoms with Crippen molar-refractivity contribution in [3.8, 4) is 0 Å². The van der Waals surface area contributed by atoms with Gasteiger partial charge in [-0.3, -0.25) is 4.79 Å². The first-order valence-electron chi connectivity index (χ1n) is 10.9. The molecule has 1 heterocycles. The lowest BCUT2D eigenvalue weighted by atomic mass is 9.35.